The molecular formula is C23H17F2N3O3. The Hall–Kier alpha value is -3.94. The summed E-state index contributed by atoms with van der Waals surface area (Å²) in [6, 6.07) is 23.1. The van der Waals surface area contributed by atoms with E-state index in [9.17, 15) is 13.6 Å². The number of urea groups is 1. The van der Waals surface area contributed by atoms with Crippen LogP contribution in [0.25, 0.3) is 0 Å². The zero-order valence-corrected chi connectivity index (χ0v) is 16.2. The highest BCUT2D eigenvalue weighted by Gasteiger charge is 2.43. The van der Waals surface area contributed by atoms with Crippen molar-refractivity contribution in [3.05, 3.63) is 90.0 Å². The average Bonchev–Trinajstić information content (AvgIpc) is 3.35. The second-order valence-electron chi connectivity index (χ2n) is 7.16. The van der Waals surface area contributed by atoms with Crippen LogP contribution in [-0.4, -0.2) is 29.6 Å². The van der Waals surface area contributed by atoms with Crippen LogP contribution in [0.2, 0.25) is 0 Å². The topological polar surface area (TPSA) is 63.2 Å². The molecule has 1 N–H and O–H groups in total. The molecule has 31 heavy (non-hydrogen) atoms. The summed E-state index contributed by atoms with van der Waals surface area (Å²) in [5.41, 5.74) is 3.06. The summed E-state index contributed by atoms with van der Waals surface area (Å²) < 4.78 is 35.3. The molecule has 5 rings (SSSR count). The molecule has 0 aliphatic carbocycles. The van der Waals surface area contributed by atoms with Crippen LogP contribution in [-0.2, 0) is 0 Å². The molecule has 0 radical (unpaired) electrons. The molecule has 0 fully saturated rings. The Morgan fingerprint density at radius 3 is 2.39 bits per heavy atom. The Morgan fingerprint density at radius 1 is 0.968 bits per heavy atom. The maximum Gasteiger partial charge on any atom is 0.586 e. The molecular weight excluding hydrogens is 404 g/mol. The van der Waals surface area contributed by atoms with Gasteiger partial charge in [0.1, 0.15) is 0 Å². The Morgan fingerprint density at radius 2 is 1.65 bits per heavy atom. The van der Waals surface area contributed by atoms with Gasteiger partial charge in [-0.15, -0.1) is 8.78 Å². The third-order valence-electron chi connectivity index (χ3n) is 5.07. The van der Waals surface area contributed by atoms with Crippen molar-refractivity contribution < 1.29 is 23.0 Å². The highest BCUT2D eigenvalue weighted by Crippen LogP contribution is 2.42. The Balaban J connectivity index is 1.39. The van der Waals surface area contributed by atoms with Gasteiger partial charge in [-0.1, -0.05) is 60.7 Å². The van der Waals surface area contributed by atoms with Crippen LogP contribution in [0, 0.1) is 0 Å². The fourth-order valence-electron chi connectivity index (χ4n) is 3.66. The molecule has 0 saturated carbocycles. The molecule has 3 aromatic carbocycles. The molecule has 0 bridgehead atoms. The van der Waals surface area contributed by atoms with E-state index in [1.54, 1.807) is 0 Å². The lowest BCUT2D eigenvalue weighted by Gasteiger charge is -2.16. The Labute approximate surface area is 176 Å². The molecule has 3 aromatic rings. The van der Waals surface area contributed by atoms with E-state index in [1.165, 1.54) is 23.2 Å². The van der Waals surface area contributed by atoms with Crippen molar-refractivity contribution in [2.24, 2.45) is 5.10 Å². The minimum Gasteiger partial charge on any atom is -0.395 e. The number of nitrogens with one attached hydrogen (secondary N) is 1. The molecule has 0 spiro atoms. The number of hydrazone groups is 1. The van der Waals surface area contributed by atoms with Gasteiger partial charge >= 0.3 is 12.3 Å². The molecule has 2 aliphatic heterocycles. The average molecular weight is 421 g/mol. The van der Waals surface area contributed by atoms with Gasteiger partial charge in [0.2, 0.25) is 0 Å². The van der Waals surface area contributed by atoms with Gasteiger partial charge in [-0.2, -0.15) is 5.10 Å². The number of fused-ring (bicyclic) bond motifs is 1. The van der Waals surface area contributed by atoms with E-state index in [-0.39, 0.29) is 17.4 Å². The van der Waals surface area contributed by atoms with Crippen LogP contribution in [0.1, 0.15) is 17.0 Å². The Kier molecular flexibility index (Phi) is 4.54. The molecule has 6 nitrogen and oxygen atoms in total. The number of amides is 2. The van der Waals surface area contributed by atoms with Crippen molar-refractivity contribution in [2.75, 3.05) is 11.9 Å². The summed E-state index contributed by atoms with van der Waals surface area (Å²) >= 11 is 0. The first-order chi connectivity index (χ1) is 15.0. The van der Waals surface area contributed by atoms with E-state index in [4.69, 9.17) is 0 Å². The van der Waals surface area contributed by atoms with Gasteiger partial charge in [-0.05, 0) is 23.3 Å². The molecule has 156 valence electrons. The van der Waals surface area contributed by atoms with Crippen LogP contribution in [0.15, 0.2) is 84.0 Å². The SMILES string of the molecule is O=C(Nc1ccc2c(c1)OC(F)(F)O2)N1CC(c2ccccc2)C(c2ccccc2)=N1. The number of alkyl halides is 2. The minimum atomic E-state index is -3.71. The van der Waals surface area contributed by atoms with Gasteiger partial charge in [0.25, 0.3) is 0 Å². The van der Waals surface area contributed by atoms with E-state index in [2.05, 4.69) is 19.9 Å². The zero-order valence-electron chi connectivity index (χ0n) is 16.2. The molecule has 2 amide bonds. The van der Waals surface area contributed by atoms with Gasteiger partial charge in [0.05, 0.1) is 12.3 Å². The number of nitrogens with zero attached hydrogens (tertiary/aromatic N) is 2. The lowest BCUT2D eigenvalue weighted by Crippen LogP contribution is -2.30. The number of carbonyl (C=O) groups excluding carboxylic acids is 1. The zero-order chi connectivity index (χ0) is 21.4. The Bertz CT molecular complexity index is 1150. The lowest BCUT2D eigenvalue weighted by molar-refractivity contribution is -0.286. The summed E-state index contributed by atoms with van der Waals surface area (Å²) in [5, 5.41) is 8.60. The lowest BCUT2D eigenvalue weighted by atomic mass is 9.91. The summed E-state index contributed by atoms with van der Waals surface area (Å²) in [4.78, 5) is 12.9. The van der Waals surface area contributed by atoms with E-state index in [0.717, 1.165) is 16.8 Å². The first kappa shape index (κ1) is 19.0. The number of benzene rings is 3. The molecule has 2 heterocycles. The third kappa shape index (κ3) is 3.79. The number of halogens is 2. The van der Waals surface area contributed by atoms with Crippen molar-refractivity contribution in [1.29, 1.82) is 0 Å². The second-order valence-corrected chi connectivity index (χ2v) is 7.16. The fourth-order valence-corrected chi connectivity index (χ4v) is 3.66. The predicted molar refractivity (Wildman–Crippen MR) is 111 cm³/mol. The molecule has 0 saturated heterocycles. The molecule has 1 atom stereocenters. The van der Waals surface area contributed by atoms with Crippen LogP contribution in [0.4, 0.5) is 19.3 Å². The largest absolute Gasteiger partial charge is 0.586 e. The number of rotatable bonds is 3. The van der Waals surface area contributed by atoms with Gasteiger partial charge in [-0.25, -0.2) is 9.80 Å². The van der Waals surface area contributed by atoms with Crippen LogP contribution in [0.3, 0.4) is 0 Å². The van der Waals surface area contributed by atoms with E-state index in [1.807, 2.05) is 60.7 Å². The predicted octanol–water partition coefficient (Wildman–Crippen LogP) is 5.04. The maximum atomic E-state index is 13.2. The first-order valence-corrected chi connectivity index (χ1v) is 9.66. The van der Waals surface area contributed by atoms with Gasteiger partial charge in [-0.3, -0.25) is 0 Å². The highest BCUT2D eigenvalue weighted by atomic mass is 19.3. The number of carbonyl (C=O) groups is 1. The summed E-state index contributed by atoms with van der Waals surface area (Å²) in [6.07, 6.45) is -3.71. The second kappa shape index (κ2) is 7.39. The smallest absolute Gasteiger partial charge is 0.395 e. The van der Waals surface area contributed by atoms with E-state index in [0.29, 0.717) is 12.2 Å². The van der Waals surface area contributed by atoms with Gasteiger partial charge in [0, 0.05) is 17.7 Å². The number of ether oxygens (including phenoxy) is 2. The number of hydrogen-bond donors (Lipinski definition) is 1. The van der Waals surface area contributed by atoms with Crippen LogP contribution in [0.5, 0.6) is 11.5 Å². The quantitative estimate of drug-likeness (QED) is 0.644. The summed E-state index contributed by atoms with van der Waals surface area (Å²) in [5.74, 6) is -0.317. The van der Waals surface area contributed by atoms with Crippen molar-refractivity contribution >= 4 is 17.4 Å². The monoisotopic (exact) mass is 421 g/mol. The van der Waals surface area contributed by atoms with Crippen molar-refractivity contribution in [3.63, 3.8) is 0 Å². The number of anilines is 1. The molecule has 0 aromatic heterocycles. The van der Waals surface area contributed by atoms with Crippen LogP contribution < -0.4 is 14.8 Å². The van der Waals surface area contributed by atoms with Crippen molar-refractivity contribution in [1.82, 2.24) is 5.01 Å². The molecule has 2 aliphatic rings. The summed E-state index contributed by atoms with van der Waals surface area (Å²) in [7, 11) is 0. The van der Waals surface area contributed by atoms with E-state index >= 15 is 0 Å². The number of hydrogen-bond acceptors (Lipinski definition) is 4. The highest BCUT2D eigenvalue weighted by molar-refractivity contribution is 6.07. The third-order valence-corrected chi connectivity index (χ3v) is 5.07. The maximum absolute atomic E-state index is 13.2. The first-order valence-electron chi connectivity index (χ1n) is 9.66. The standard InChI is InChI=1S/C23H17F2N3O3/c24-23(25)30-19-12-11-17(13-20(19)31-23)26-22(29)28-14-18(15-7-3-1-4-8-15)21(27-28)16-9-5-2-6-10-16/h1-13,18H,14H2,(H,26,29). The molecule has 1 unspecified atom stereocenters. The normalized spacial score (nSPS) is 18.6. The van der Waals surface area contributed by atoms with Gasteiger partial charge < -0.3 is 14.8 Å². The van der Waals surface area contributed by atoms with E-state index < -0.39 is 12.3 Å². The summed E-state index contributed by atoms with van der Waals surface area (Å²) in [6.45, 7) is 0.350. The van der Waals surface area contributed by atoms with Crippen LogP contribution >= 0.6 is 0 Å². The van der Waals surface area contributed by atoms with Crippen molar-refractivity contribution in [3.8, 4) is 11.5 Å². The van der Waals surface area contributed by atoms with Crippen molar-refractivity contribution in [2.45, 2.75) is 12.2 Å². The van der Waals surface area contributed by atoms with Gasteiger partial charge in [0.15, 0.2) is 11.5 Å². The molecule has 8 heteroatoms. The fraction of sp³-hybridized carbons (Fsp3) is 0.130. The minimum absolute atomic E-state index is 0.0855.